The lowest BCUT2D eigenvalue weighted by atomic mass is 10.2. The van der Waals surface area contributed by atoms with Gasteiger partial charge in [-0.1, -0.05) is 12.1 Å². The predicted octanol–water partition coefficient (Wildman–Crippen LogP) is 4.95. The summed E-state index contributed by atoms with van der Waals surface area (Å²) in [5, 5.41) is 6.60. The lowest BCUT2D eigenvalue weighted by molar-refractivity contribution is 0.0466. The molecule has 6 heteroatoms. The molecule has 2 aromatic heterocycles. The first kappa shape index (κ1) is 15.3. The van der Waals surface area contributed by atoms with Crippen LogP contribution in [0.15, 0.2) is 51.4 Å². The monoisotopic (exact) mass is 347 g/mol. The van der Waals surface area contributed by atoms with Crippen molar-refractivity contribution in [3.05, 3.63) is 57.7 Å². The molecule has 0 spiro atoms. The number of aromatic nitrogens is 1. The number of esters is 1. The van der Waals surface area contributed by atoms with Crippen LogP contribution in [0.1, 0.15) is 16.1 Å². The number of carbonyl (C=O) groups excluding carboxylic acids is 1. The van der Waals surface area contributed by atoms with Crippen molar-refractivity contribution in [2.75, 3.05) is 6.26 Å². The maximum absolute atomic E-state index is 12.0. The van der Waals surface area contributed by atoms with Crippen molar-refractivity contribution in [3.8, 4) is 10.6 Å². The maximum Gasteiger partial charge on any atom is 0.358 e. The van der Waals surface area contributed by atoms with Crippen LogP contribution >= 0.6 is 34.4 Å². The molecule has 3 rings (SSSR count). The van der Waals surface area contributed by atoms with Gasteiger partial charge in [-0.2, -0.15) is 11.3 Å². The third-order valence-corrected chi connectivity index (χ3v) is 5.33. The highest BCUT2D eigenvalue weighted by atomic mass is 32.2. The summed E-state index contributed by atoms with van der Waals surface area (Å²) in [6.45, 7) is 0.263. The fourth-order valence-electron chi connectivity index (χ4n) is 1.83. The van der Waals surface area contributed by atoms with E-state index < -0.39 is 0 Å². The van der Waals surface area contributed by atoms with E-state index in [9.17, 15) is 4.79 Å². The Bertz CT molecular complexity index is 748. The van der Waals surface area contributed by atoms with Gasteiger partial charge in [-0.05, 0) is 35.4 Å². The number of thioether (sulfide) groups is 1. The molecule has 0 bridgehead atoms. The van der Waals surface area contributed by atoms with Gasteiger partial charge >= 0.3 is 5.97 Å². The zero-order valence-electron chi connectivity index (χ0n) is 11.8. The third kappa shape index (κ3) is 3.58. The number of thiophene rings is 1. The minimum Gasteiger partial charge on any atom is -0.456 e. The van der Waals surface area contributed by atoms with Crippen molar-refractivity contribution in [3.63, 3.8) is 0 Å². The zero-order valence-corrected chi connectivity index (χ0v) is 14.3. The van der Waals surface area contributed by atoms with Gasteiger partial charge in [0.2, 0.25) is 0 Å². The number of ether oxygens (including phenoxy) is 1. The Kier molecular flexibility index (Phi) is 4.92. The molecule has 0 atom stereocenters. The smallest absolute Gasteiger partial charge is 0.358 e. The first-order valence-corrected chi connectivity index (χ1v) is 9.59. The van der Waals surface area contributed by atoms with Crippen LogP contribution in [-0.4, -0.2) is 17.2 Å². The molecule has 0 saturated carbocycles. The Hall–Kier alpha value is -1.63. The normalized spacial score (nSPS) is 10.6. The highest BCUT2D eigenvalue weighted by Crippen LogP contribution is 2.26. The van der Waals surface area contributed by atoms with Gasteiger partial charge in [-0.3, -0.25) is 0 Å². The molecule has 1 aromatic carbocycles. The summed E-state index contributed by atoms with van der Waals surface area (Å²) in [7, 11) is 0. The van der Waals surface area contributed by atoms with Crippen LogP contribution in [0.3, 0.4) is 0 Å². The first-order valence-electron chi connectivity index (χ1n) is 6.54. The van der Waals surface area contributed by atoms with Gasteiger partial charge in [0.15, 0.2) is 5.69 Å². The standard InChI is InChI=1S/C16H13NO2S3/c1-20-13-4-2-11(3-5-13)8-19-16(18)14-10-22-15(17-14)12-6-7-21-9-12/h2-7,9-10H,8H2,1H3. The van der Waals surface area contributed by atoms with Crippen LogP contribution < -0.4 is 0 Å². The Morgan fingerprint density at radius 3 is 2.73 bits per heavy atom. The molecule has 0 saturated heterocycles. The van der Waals surface area contributed by atoms with Gasteiger partial charge in [0, 0.05) is 21.2 Å². The SMILES string of the molecule is CSc1ccc(COC(=O)c2csc(-c3ccsc3)n2)cc1. The molecule has 0 amide bonds. The topological polar surface area (TPSA) is 39.2 Å². The van der Waals surface area contributed by atoms with Crippen molar-refractivity contribution >= 4 is 40.4 Å². The number of hydrogen-bond acceptors (Lipinski definition) is 6. The number of carbonyl (C=O) groups is 1. The van der Waals surface area contributed by atoms with E-state index in [0.29, 0.717) is 5.69 Å². The molecule has 0 fully saturated rings. The van der Waals surface area contributed by atoms with Gasteiger partial charge in [-0.15, -0.1) is 23.1 Å². The van der Waals surface area contributed by atoms with E-state index in [0.717, 1.165) is 16.1 Å². The fourth-order valence-corrected chi connectivity index (χ4v) is 3.74. The van der Waals surface area contributed by atoms with Crippen LogP contribution in [0.2, 0.25) is 0 Å². The average Bonchev–Trinajstić information content (AvgIpc) is 3.23. The summed E-state index contributed by atoms with van der Waals surface area (Å²) in [5.41, 5.74) is 2.38. The second-order valence-corrected chi connectivity index (χ2v) is 6.99. The highest BCUT2D eigenvalue weighted by molar-refractivity contribution is 7.98. The largest absolute Gasteiger partial charge is 0.456 e. The van der Waals surface area contributed by atoms with Crippen LogP contribution in [0, 0.1) is 0 Å². The number of hydrogen-bond donors (Lipinski definition) is 0. The average molecular weight is 347 g/mol. The van der Waals surface area contributed by atoms with E-state index in [1.54, 1.807) is 28.5 Å². The van der Waals surface area contributed by atoms with E-state index in [1.807, 2.05) is 47.3 Å². The van der Waals surface area contributed by atoms with Crippen molar-refractivity contribution in [1.82, 2.24) is 4.98 Å². The predicted molar refractivity (Wildman–Crippen MR) is 92.8 cm³/mol. The molecule has 0 aliphatic rings. The van der Waals surface area contributed by atoms with Gasteiger partial charge in [-0.25, -0.2) is 9.78 Å². The van der Waals surface area contributed by atoms with E-state index in [2.05, 4.69) is 4.98 Å². The van der Waals surface area contributed by atoms with E-state index >= 15 is 0 Å². The second-order valence-electron chi connectivity index (χ2n) is 4.47. The molecular weight excluding hydrogens is 334 g/mol. The molecule has 2 heterocycles. The minimum atomic E-state index is -0.383. The number of benzene rings is 1. The summed E-state index contributed by atoms with van der Waals surface area (Å²) in [6.07, 6.45) is 2.03. The fraction of sp³-hybridized carbons (Fsp3) is 0.125. The lowest BCUT2D eigenvalue weighted by Crippen LogP contribution is -2.05. The summed E-state index contributed by atoms with van der Waals surface area (Å²) < 4.78 is 5.32. The van der Waals surface area contributed by atoms with Crippen LogP contribution in [0.25, 0.3) is 10.6 Å². The second kappa shape index (κ2) is 7.09. The number of thiazole rings is 1. The molecule has 3 aromatic rings. The van der Waals surface area contributed by atoms with Crippen LogP contribution in [0.4, 0.5) is 0 Å². The third-order valence-electron chi connectivity index (χ3n) is 3.01. The quantitative estimate of drug-likeness (QED) is 0.483. The van der Waals surface area contributed by atoms with Gasteiger partial charge < -0.3 is 4.74 Å². The Labute approximate surface area is 141 Å². The summed E-state index contributed by atoms with van der Waals surface area (Å²) >= 11 is 4.75. The number of rotatable bonds is 5. The van der Waals surface area contributed by atoms with Crippen molar-refractivity contribution in [1.29, 1.82) is 0 Å². The Morgan fingerprint density at radius 1 is 1.23 bits per heavy atom. The molecular formula is C16H13NO2S3. The van der Waals surface area contributed by atoms with Crippen molar-refractivity contribution < 1.29 is 9.53 Å². The van der Waals surface area contributed by atoms with Crippen LogP contribution in [-0.2, 0) is 11.3 Å². The van der Waals surface area contributed by atoms with Gasteiger partial charge in [0.05, 0.1) is 0 Å². The highest BCUT2D eigenvalue weighted by Gasteiger charge is 2.13. The number of nitrogens with zero attached hydrogens (tertiary/aromatic N) is 1. The van der Waals surface area contributed by atoms with Crippen molar-refractivity contribution in [2.45, 2.75) is 11.5 Å². The van der Waals surface area contributed by atoms with E-state index in [1.165, 1.54) is 16.2 Å². The van der Waals surface area contributed by atoms with Crippen LogP contribution in [0.5, 0.6) is 0 Å². The molecule has 0 aliphatic carbocycles. The summed E-state index contributed by atoms with van der Waals surface area (Å²) in [5.74, 6) is -0.383. The Morgan fingerprint density at radius 2 is 2.05 bits per heavy atom. The van der Waals surface area contributed by atoms with Gasteiger partial charge in [0.25, 0.3) is 0 Å². The molecule has 0 radical (unpaired) electrons. The van der Waals surface area contributed by atoms with Gasteiger partial charge in [0.1, 0.15) is 11.6 Å². The molecule has 3 nitrogen and oxygen atoms in total. The molecule has 0 unspecified atom stereocenters. The minimum absolute atomic E-state index is 0.263. The van der Waals surface area contributed by atoms with E-state index in [-0.39, 0.29) is 12.6 Å². The zero-order chi connectivity index (χ0) is 15.4. The summed E-state index contributed by atoms with van der Waals surface area (Å²) in [4.78, 5) is 17.6. The molecule has 0 aliphatic heterocycles. The molecule has 0 N–H and O–H groups in total. The first-order chi connectivity index (χ1) is 10.8. The Balaban J connectivity index is 1.62. The molecule has 22 heavy (non-hydrogen) atoms. The maximum atomic E-state index is 12.0. The summed E-state index contributed by atoms with van der Waals surface area (Å²) in [6, 6.07) is 9.97. The van der Waals surface area contributed by atoms with E-state index in [4.69, 9.17) is 4.74 Å². The lowest BCUT2D eigenvalue weighted by Gasteiger charge is -2.04. The van der Waals surface area contributed by atoms with Crippen molar-refractivity contribution in [2.24, 2.45) is 0 Å². The molecule has 112 valence electrons.